The van der Waals surface area contributed by atoms with Crippen LogP contribution in [0.3, 0.4) is 0 Å². The van der Waals surface area contributed by atoms with Crippen molar-refractivity contribution in [1.82, 2.24) is 15.1 Å². The Balaban J connectivity index is 2.05. The SMILES string of the molecule is CC(C)(C)NCc1ccnn1Cc1ccc(I)cc1. The van der Waals surface area contributed by atoms with Gasteiger partial charge >= 0.3 is 0 Å². The lowest BCUT2D eigenvalue weighted by atomic mass is 10.1. The second kappa shape index (κ2) is 6.05. The summed E-state index contributed by atoms with van der Waals surface area (Å²) in [5, 5.41) is 7.91. The number of halogens is 1. The predicted molar refractivity (Wildman–Crippen MR) is 87.1 cm³/mol. The number of rotatable bonds is 4. The lowest BCUT2D eigenvalue weighted by Gasteiger charge is -2.20. The van der Waals surface area contributed by atoms with Crippen LogP contribution in [0.1, 0.15) is 32.0 Å². The summed E-state index contributed by atoms with van der Waals surface area (Å²) in [7, 11) is 0. The van der Waals surface area contributed by atoms with Gasteiger partial charge in [0.2, 0.25) is 0 Å². The van der Waals surface area contributed by atoms with E-state index in [4.69, 9.17) is 0 Å². The first kappa shape index (κ1) is 14.5. The Labute approximate surface area is 128 Å². The highest BCUT2D eigenvalue weighted by atomic mass is 127. The molecule has 0 atom stereocenters. The zero-order valence-electron chi connectivity index (χ0n) is 11.7. The minimum absolute atomic E-state index is 0.123. The fourth-order valence-corrected chi connectivity index (χ4v) is 2.13. The van der Waals surface area contributed by atoms with Crippen molar-refractivity contribution in [1.29, 1.82) is 0 Å². The van der Waals surface area contributed by atoms with Gasteiger partial charge in [-0.2, -0.15) is 5.10 Å². The summed E-state index contributed by atoms with van der Waals surface area (Å²) in [6.45, 7) is 8.19. The van der Waals surface area contributed by atoms with Crippen LogP contribution in [0.15, 0.2) is 36.5 Å². The monoisotopic (exact) mass is 369 g/mol. The number of benzene rings is 1. The summed E-state index contributed by atoms with van der Waals surface area (Å²) in [5.74, 6) is 0. The second-order valence-electron chi connectivity index (χ2n) is 5.71. The van der Waals surface area contributed by atoms with Crippen molar-refractivity contribution >= 4 is 22.6 Å². The number of hydrogen-bond donors (Lipinski definition) is 1. The standard InChI is InChI=1S/C15H20IN3/c1-15(2,3)17-10-14-8-9-18-19(14)11-12-4-6-13(16)7-5-12/h4-9,17H,10-11H2,1-3H3. The van der Waals surface area contributed by atoms with Crippen molar-refractivity contribution in [2.75, 3.05) is 0 Å². The molecule has 0 fully saturated rings. The van der Waals surface area contributed by atoms with Crippen LogP contribution in [0.4, 0.5) is 0 Å². The molecule has 0 saturated heterocycles. The summed E-state index contributed by atoms with van der Waals surface area (Å²) in [5.41, 5.74) is 2.62. The maximum Gasteiger partial charge on any atom is 0.0663 e. The van der Waals surface area contributed by atoms with Gasteiger partial charge in [0.1, 0.15) is 0 Å². The van der Waals surface area contributed by atoms with Crippen LogP contribution in [0.25, 0.3) is 0 Å². The molecule has 2 aromatic rings. The molecular weight excluding hydrogens is 349 g/mol. The first-order valence-corrected chi connectivity index (χ1v) is 7.52. The zero-order valence-corrected chi connectivity index (χ0v) is 13.8. The molecule has 0 aliphatic carbocycles. The number of hydrogen-bond acceptors (Lipinski definition) is 2. The van der Waals surface area contributed by atoms with E-state index in [1.54, 1.807) is 0 Å². The van der Waals surface area contributed by atoms with E-state index >= 15 is 0 Å². The Morgan fingerprint density at radius 3 is 2.47 bits per heavy atom. The molecule has 0 aliphatic rings. The molecular formula is C15H20IN3. The number of aromatic nitrogens is 2. The van der Waals surface area contributed by atoms with E-state index in [1.807, 2.05) is 6.20 Å². The van der Waals surface area contributed by atoms with Gasteiger partial charge in [0, 0.05) is 21.9 Å². The molecule has 0 saturated carbocycles. The van der Waals surface area contributed by atoms with Gasteiger partial charge in [-0.15, -0.1) is 0 Å². The minimum Gasteiger partial charge on any atom is -0.306 e. The molecule has 3 nitrogen and oxygen atoms in total. The van der Waals surface area contributed by atoms with E-state index in [0.717, 1.165) is 13.1 Å². The summed E-state index contributed by atoms with van der Waals surface area (Å²) in [6.07, 6.45) is 1.87. The molecule has 0 aliphatic heterocycles. The first-order chi connectivity index (χ1) is 8.94. The van der Waals surface area contributed by atoms with Crippen molar-refractivity contribution in [2.45, 2.75) is 39.4 Å². The molecule has 1 aromatic carbocycles. The van der Waals surface area contributed by atoms with Crippen LogP contribution < -0.4 is 5.32 Å². The zero-order chi connectivity index (χ0) is 13.9. The third kappa shape index (κ3) is 4.62. The quantitative estimate of drug-likeness (QED) is 0.837. The smallest absolute Gasteiger partial charge is 0.0663 e. The Morgan fingerprint density at radius 1 is 1.16 bits per heavy atom. The topological polar surface area (TPSA) is 29.9 Å². The van der Waals surface area contributed by atoms with Gasteiger partial charge in [-0.1, -0.05) is 12.1 Å². The highest BCUT2D eigenvalue weighted by Crippen LogP contribution is 2.10. The maximum absolute atomic E-state index is 4.41. The van der Waals surface area contributed by atoms with Crippen LogP contribution in [-0.2, 0) is 13.1 Å². The van der Waals surface area contributed by atoms with Crippen LogP contribution in [-0.4, -0.2) is 15.3 Å². The summed E-state index contributed by atoms with van der Waals surface area (Å²) < 4.78 is 3.32. The Bertz CT molecular complexity index is 523. The van der Waals surface area contributed by atoms with E-state index in [9.17, 15) is 0 Å². The lowest BCUT2D eigenvalue weighted by Crippen LogP contribution is -2.35. The normalized spacial score (nSPS) is 11.8. The highest BCUT2D eigenvalue weighted by molar-refractivity contribution is 14.1. The maximum atomic E-state index is 4.41. The van der Waals surface area contributed by atoms with Crippen LogP contribution in [0.2, 0.25) is 0 Å². The Morgan fingerprint density at radius 2 is 1.84 bits per heavy atom. The van der Waals surface area contributed by atoms with Crippen molar-refractivity contribution < 1.29 is 0 Å². The predicted octanol–water partition coefficient (Wildman–Crippen LogP) is 3.42. The van der Waals surface area contributed by atoms with Gasteiger partial charge in [0.15, 0.2) is 0 Å². The van der Waals surface area contributed by atoms with Crippen LogP contribution in [0.5, 0.6) is 0 Å². The molecule has 19 heavy (non-hydrogen) atoms. The van der Waals surface area contributed by atoms with Gasteiger partial charge in [-0.3, -0.25) is 4.68 Å². The third-order valence-electron chi connectivity index (χ3n) is 2.85. The molecule has 0 radical (unpaired) electrons. The summed E-state index contributed by atoms with van der Waals surface area (Å²) >= 11 is 2.32. The summed E-state index contributed by atoms with van der Waals surface area (Å²) in [4.78, 5) is 0. The van der Waals surface area contributed by atoms with E-state index in [0.29, 0.717) is 0 Å². The lowest BCUT2D eigenvalue weighted by molar-refractivity contribution is 0.414. The third-order valence-corrected chi connectivity index (χ3v) is 3.57. The van der Waals surface area contributed by atoms with E-state index < -0.39 is 0 Å². The minimum atomic E-state index is 0.123. The van der Waals surface area contributed by atoms with Gasteiger partial charge < -0.3 is 5.32 Å². The van der Waals surface area contributed by atoms with Gasteiger partial charge in [-0.05, 0) is 67.1 Å². The fraction of sp³-hybridized carbons (Fsp3) is 0.400. The van der Waals surface area contributed by atoms with E-state index in [1.165, 1.54) is 14.8 Å². The van der Waals surface area contributed by atoms with E-state index in [2.05, 4.69) is 88.8 Å². The Kier molecular flexibility index (Phi) is 4.62. The molecule has 0 amide bonds. The average molecular weight is 369 g/mol. The second-order valence-corrected chi connectivity index (χ2v) is 6.96. The molecule has 0 spiro atoms. The molecule has 0 bridgehead atoms. The molecule has 4 heteroatoms. The number of nitrogens with one attached hydrogen (secondary N) is 1. The Hall–Kier alpha value is -0.880. The largest absolute Gasteiger partial charge is 0.306 e. The summed E-state index contributed by atoms with van der Waals surface area (Å²) in [6, 6.07) is 10.7. The van der Waals surface area contributed by atoms with Gasteiger partial charge in [-0.25, -0.2) is 0 Å². The van der Waals surface area contributed by atoms with Crippen LogP contribution in [0, 0.1) is 3.57 Å². The van der Waals surface area contributed by atoms with Crippen LogP contribution >= 0.6 is 22.6 Å². The highest BCUT2D eigenvalue weighted by Gasteiger charge is 2.10. The van der Waals surface area contributed by atoms with Crippen molar-refractivity contribution in [3.8, 4) is 0 Å². The molecule has 0 unspecified atom stereocenters. The molecule has 2 rings (SSSR count). The molecule has 1 N–H and O–H groups in total. The fourth-order valence-electron chi connectivity index (χ4n) is 1.77. The van der Waals surface area contributed by atoms with Crippen molar-refractivity contribution in [3.05, 3.63) is 51.4 Å². The van der Waals surface area contributed by atoms with Gasteiger partial charge in [0.25, 0.3) is 0 Å². The van der Waals surface area contributed by atoms with E-state index in [-0.39, 0.29) is 5.54 Å². The first-order valence-electron chi connectivity index (χ1n) is 6.44. The molecule has 102 valence electrons. The van der Waals surface area contributed by atoms with Crippen molar-refractivity contribution in [2.24, 2.45) is 0 Å². The molecule has 1 heterocycles. The van der Waals surface area contributed by atoms with Gasteiger partial charge in [0.05, 0.1) is 12.2 Å². The average Bonchev–Trinajstić information content (AvgIpc) is 2.76. The van der Waals surface area contributed by atoms with Crippen molar-refractivity contribution in [3.63, 3.8) is 0 Å². The number of nitrogens with zero attached hydrogens (tertiary/aromatic N) is 2. The molecule has 1 aromatic heterocycles.